The van der Waals surface area contributed by atoms with Crippen LogP contribution in [0.3, 0.4) is 0 Å². The van der Waals surface area contributed by atoms with Gasteiger partial charge in [-0.25, -0.2) is 19.9 Å². The van der Waals surface area contributed by atoms with Gasteiger partial charge in [-0.15, -0.1) is 0 Å². The van der Waals surface area contributed by atoms with Gasteiger partial charge in [-0.05, 0) is 81.9 Å². The van der Waals surface area contributed by atoms with Crippen molar-refractivity contribution in [3.8, 4) is 33.8 Å². The summed E-state index contributed by atoms with van der Waals surface area (Å²) in [5.74, 6) is -0.387. The van der Waals surface area contributed by atoms with Gasteiger partial charge in [0.25, 0.3) is 0 Å². The number of nitrogens with zero attached hydrogens (tertiary/aromatic N) is 4. The van der Waals surface area contributed by atoms with Gasteiger partial charge in [-0.3, -0.25) is 4.79 Å². The number of Topliss-reactive ketones (excluding diaryl/α,β-unsaturated/α-hetero) is 1. The molecule has 4 heterocycles. The molecule has 4 aromatic heterocycles. The van der Waals surface area contributed by atoms with E-state index < -0.39 is 23.9 Å². The Morgan fingerprint density at radius 1 is 0.485 bits per heavy atom. The molecule has 10 aromatic rings. The number of benzene rings is 6. The van der Waals surface area contributed by atoms with Gasteiger partial charge in [-0.1, -0.05) is 97.1 Å². The van der Waals surface area contributed by atoms with Crippen LogP contribution in [0.25, 0.3) is 44.1 Å². The summed E-state index contributed by atoms with van der Waals surface area (Å²) in [5, 5.41) is 9.65. The molecule has 4 N–H and O–H groups in total. The summed E-state index contributed by atoms with van der Waals surface area (Å²) in [7, 11) is 3.31. The fraction of sp³-hybridized carbons (Fsp3) is 0.109. The van der Waals surface area contributed by atoms with Crippen molar-refractivity contribution >= 4 is 39.0 Å². The van der Waals surface area contributed by atoms with Crippen molar-refractivity contribution in [2.45, 2.75) is 23.9 Å². The van der Waals surface area contributed by atoms with E-state index in [4.69, 9.17) is 9.47 Å². The summed E-state index contributed by atoms with van der Waals surface area (Å²) >= 11 is 0. The van der Waals surface area contributed by atoms with Crippen molar-refractivity contribution in [2.24, 2.45) is 0 Å². The zero-order chi connectivity index (χ0) is 44.8. The number of para-hydroxylation sites is 6. The second kappa shape index (κ2) is 18.6. The SMILES string of the molecule is COc1ccccc1NC(c1cccc(-c2cncnc2)c1)C(C(=O)C(c1c[nH]c2ccccc12)C(Nc1ccccc1OC)c1cccc(-c2cncnc2)c1)c1c[nH]c2ccccc12. The Bertz CT molecular complexity index is 3040. The molecule has 0 saturated heterocycles. The fourth-order valence-electron chi connectivity index (χ4n) is 9.19. The highest BCUT2D eigenvalue weighted by Gasteiger charge is 2.43. The lowest BCUT2D eigenvalue weighted by Gasteiger charge is -2.35. The van der Waals surface area contributed by atoms with Crippen LogP contribution in [0.2, 0.25) is 0 Å². The number of aromatic amines is 2. The largest absolute Gasteiger partial charge is 0.495 e. The first-order chi connectivity index (χ1) is 32.6. The molecule has 0 fully saturated rings. The number of fused-ring (bicyclic) bond motifs is 2. The number of nitrogens with one attached hydrogen (secondary N) is 4. The predicted octanol–water partition coefficient (Wildman–Crippen LogP) is 11.7. The zero-order valence-corrected chi connectivity index (χ0v) is 36.3. The number of carbonyl (C=O) groups excluding carboxylic acids is 1. The number of aromatic nitrogens is 6. The van der Waals surface area contributed by atoms with Gasteiger partial charge in [0.1, 0.15) is 24.2 Å². The molecule has 4 unspecified atom stereocenters. The normalized spacial score (nSPS) is 13.1. The third-order valence-electron chi connectivity index (χ3n) is 12.3. The van der Waals surface area contributed by atoms with Crippen molar-refractivity contribution in [1.29, 1.82) is 0 Å². The molecule has 66 heavy (non-hydrogen) atoms. The number of rotatable bonds is 16. The summed E-state index contributed by atoms with van der Waals surface area (Å²) < 4.78 is 11.9. The second-order valence-corrected chi connectivity index (χ2v) is 16.1. The topological polar surface area (TPSA) is 143 Å². The lowest BCUT2D eigenvalue weighted by atomic mass is 9.73. The molecule has 0 amide bonds. The quantitative estimate of drug-likeness (QED) is 0.0746. The minimum atomic E-state index is -0.820. The highest BCUT2D eigenvalue weighted by atomic mass is 16.5. The first kappa shape index (κ1) is 41.4. The summed E-state index contributed by atoms with van der Waals surface area (Å²) in [6.07, 6.45) is 14.2. The molecule has 324 valence electrons. The average Bonchev–Trinajstić information content (AvgIpc) is 4.01. The standard InChI is InChI=1S/C55H46N8O3/c1-65-49-23-9-7-21-47(49)62-53(37-15-11-13-35(25-37)39-27-56-33-57-28-39)51(43-31-60-45-19-5-3-17-41(43)45)55(64)52(44-32-61-46-20-6-4-18-42(44)46)54(63-48-22-8-10-24-50(48)66-2)38-16-12-14-36(26-38)40-29-58-34-59-30-40/h3-34,51-54,60-63H,1-2H3. The summed E-state index contributed by atoms with van der Waals surface area (Å²) in [6.45, 7) is 0. The van der Waals surface area contributed by atoms with Crippen LogP contribution >= 0.6 is 0 Å². The molecule has 0 aliphatic carbocycles. The maximum atomic E-state index is 17.1. The van der Waals surface area contributed by atoms with Crippen LogP contribution in [0.4, 0.5) is 11.4 Å². The molecule has 11 nitrogen and oxygen atoms in total. The molecule has 0 aliphatic rings. The van der Waals surface area contributed by atoms with Crippen molar-refractivity contribution in [2.75, 3.05) is 24.9 Å². The molecular weight excluding hydrogens is 821 g/mol. The van der Waals surface area contributed by atoms with E-state index in [2.05, 4.69) is 76.9 Å². The Balaban J connectivity index is 1.25. The van der Waals surface area contributed by atoms with Crippen LogP contribution in [0, 0.1) is 0 Å². The third-order valence-corrected chi connectivity index (χ3v) is 12.3. The van der Waals surface area contributed by atoms with E-state index in [1.807, 2.05) is 122 Å². The van der Waals surface area contributed by atoms with Gasteiger partial charge in [-0.2, -0.15) is 0 Å². The van der Waals surface area contributed by atoms with Gasteiger partial charge >= 0.3 is 0 Å². The summed E-state index contributed by atoms with van der Waals surface area (Å²) in [5.41, 5.74) is 10.3. The van der Waals surface area contributed by atoms with Crippen molar-refractivity contribution in [3.63, 3.8) is 0 Å². The molecular formula is C55H46N8O3. The van der Waals surface area contributed by atoms with Crippen LogP contribution in [0.15, 0.2) is 195 Å². The molecule has 10 rings (SSSR count). The van der Waals surface area contributed by atoms with Crippen LogP contribution in [-0.2, 0) is 4.79 Å². The van der Waals surface area contributed by atoms with E-state index in [1.165, 1.54) is 12.7 Å². The molecule has 0 spiro atoms. The van der Waals surface area contributed by atoms with E-state index in [0.29, 0.717) is 11.5 Å². The van der Waals surface area contributed by atoms with Gasteiger partial charge in [0.2, 0.25) is 0 Å². The highest BCUT2D eigenvalue weighted by Crippen LogP contribution is 2.48. The van der Waals surface area contributed by atoms with Gasteiger partial charge in [0.15, 0.2) is 5.78 Å². The summed E-state index contributed by atoms with van der Waals surface area (Å²) in [4.78, 5) is 41.5. The molecule has 0 saturated carbocycles. The molecule has 4 atom stereocenters. The Morgan fingerprint density at radius 2 is 0.894 bits per heavy atom. The van der Waals surface area contributed by atoms with E-state index in [1.54, 1.807) is 39.0 Å². The van der Waals surface area contributed by atoms with E-state index >= 15 is 4.79 Å². The van der Waals surface area contributed by atoms with Crippen molar-refractivity contribution in [1.82, 2.24) is 29.9 Å². The van der Waals surface area contributed by atoms with Crippen molar-refractivity contribution in [3.05, 3.63) is 218 Å². The fourth-order valence-corrected chi connectivity index (χ4v) is 9.19. The second-order valence-electron chi connectivity index (χ2n) is 16.1. The first-order valence-electron chi connectivity index (χ1n) is 21.7. The van der Waals surface area contributed by atoms with Crippen LogP contribution in [0.1, 0.15) is 46.2 Å². The number of hydrogen-bond acceptors (Lipinski definition) is 9. The monoisotopic (exact) mass is 866 g/mol. The zero-order valence-electron chi connectivity index (χ0n) is 36.3. The van der Waals surface area contributed by atoms with Crippen LogP contribution in [-0.4, -0.2) is 49.9 Å². The van der Waals surface area contributed by atoms with Gasteiger partial charge < -0.3 is 30.1 Å². The number of ether oxygens (including phenoxy) is 2. The van der Waals surface area contributed by atoms with Crippen LogP contribution in [0.5, 0.6) is 11.5 Å². The number of hydrogen-bond donors (Lipinski definition) is 4. The Hall–Kier alpha value is -8.57. The minimum absolute atomic E-state index is 0.0359. The average molecular weight is 867 g/mol. The van der Waals surface area contributed by atoms with E-state index in [-0.39, 0.29) is 5.78 Å². The van der Waals surface area contributed by atoms with Gasteiger partial charge in [0.05, 0.1) is 49.5 Å². The van der Waals surface area contributed by atoms with E-state index in [9.17, 15) is 0 Å². The Labute approximate surface area is 382 Å². The van der Waals surface area contributed by atoms with Crippen LogP contribution < -0.4 is 20.1 Å². The molecule has 6 aromatic carbocycles. The Kier molecular flexibility index (Phi) is 11.7. The highest BCUT2D eigenvalue weighted by molar-refractivity contribution is 6.01. The number of carbonyl (C=O) groups is 1. The van der Waals surface area contributed by atoms with Gasteiger partial charge in [0, 0.05) is 70.1 Å². The Morgan fingerprint density at radius 3 is 1.33 bits per heavy atom. The third kappa shape index (κ3) is 8.21. The maximum Gasteiger partial charge on any atom is 0.152 e. The molecule has 0 bridgehead atoms. The minimum Gasteiger partial charge on any atom is -0.495 e. The number of ketones is 1. The number of anilines is 2. The molecule has 11 heteroatoms. The number of H-pyrrole nitrogens is 2. The maximum absolute atomic E-state index is 17.1. The lowest BCUT2D eigenvalue weighted by Crippen LogP contribution is -2.34. The smallest absolute Gasteiger partial charge is 0.152 e. The molecule has 0 aliphatic heterocycles. The van der Waals surface area contributed by atoms with Crippen molar-refractivity contribution < 1.29 is 14.3 Å². The predicted molar refractivity (Wildman–Crippen MR) is 261 cm³/mol. The molecule has 0 radical (unpaired) electrons. The van der Waals surface area contributed by atoms with E-state index in [0.717, 1.165) is 77.7 Å². The summed E-state index contributed by atoms with van der Waals surface area (Å²) in [6, 6.07) is 47.1. The lowest BCUT2D eigenvalue weighted by molar-refractivity contribution is -0.122. The first-order valence-corrected chi connectivity index (χ1v) is 21.7. The number of methoxy groups -OCH3 is 2.